The molecule has 1 saturated carbocycles. The van der Waals surface area contributed by atoms with E-state index in [0.717, 1.165) is 19.3 Å². The summed E-state index contributed by atoms with van der Waals surface area (Å²) in [6.07, 6.45) is 3.04. The van der Waals surface area contributed by atoms with Crippen LogP contribution in [0, 0.1) is 17.0 Å². The lowest BCUT2D eigenvalue weighted by Gasteiger charge is -2.19. The molecule has 0 radical (unpaired) electrons. The van der Waals surface area contributed by atoms with Gasteiger partial charge in [0.25, 0.3) is 5.69 Å². The molecule has 1 saturated heterocycles. The fourth-order valence-corrected chi connectivity index (χ4v) is 2.71. The number of hydrogen-bond donors (Lipinski definition) is 1. The average Bonchev–Trinajstić information content (AvgIpc) is 3.15. The fourth-order valence-electron chi connectivity index (χ4n) is 2.71. The van der Waals surface area contributed by atoms with E-state index >= 15 is 0 Å². The van der Waals surface area contributed by atoms with Crippen molar-refractivity contribution < 1.29 is 9.72 Å². The van der Waals surface area contributed by atoms with Crippen LogP contribution in [0.15, 0.2) is 18.2 Å². The van der Waals surface area contributed by atoms with Crippen LogP contribution < -0.4 is 10.2 Å². The van der Waals surface area contributed by atoms with Gasteiger partial charge >= 0.3 is 0 Å². The molecule has 1 aliphatic heterocycles. The molecule has 2 aliphatic rings. The first-order chi connectivity index (χ1) is 9.58. The van der Waals surface area contributed by atoms with Crippen LogP contribution in [0.3, 0.4) is 0 Å². The first-order valence-electron chi connectivity index (χ1n) is 6.89. The molecule has 1 aromatic rings. The second kappa shape index (κ2) is 4.86. The topological polar surface area (TPSA) is 75.5 Å². The normalized spacial score (nSPS) is 22.4. The number of nitrogens with zero attached hydrogens (tertiary/aromatic N) is 2. The molecule has 1 aromatic carbocycles. The number of carbonyl (C=O) groups is 1. The van der Waals surface area contributed by atoms with E-state index in [2.05, 4.69) is 5.32 Å². The van der Waals surface area contributed by atoms with Gasteiger partial charge in [-0.05, 0) is 32.3 Å². The summed E-state index contributed by atoms with van der Waals surface area (Å²) in [6, 6.07) is 5.23. The number of amides is 1. The molecule has 1 atom stereocenters. The summed E-state index contributed by atoms with van der Waals surface area (Å²) in [5.74, 6) is 0.0282. The number of hydrogen-bond acceptors (Lipinski definition) is 4. The van der Waals surface area contributed by atoms with Crippen LogP contribution in [-0.2, 0) is 4.79 Å². The van der Waals surface area contributed by atoms with Gasteiger partial charge in [0.2, 0.25) is 5.91 Å². The Hall–Kier alpha value is -1.95. The molecule has 2 fully saturated rings. The highest BCUT2D eigenvalue weighted by Gasteiger charge is 2.37. The van der Waals surface area contributed by atoms with Crippen LogP contribution >= 0.6 is 0 Å². The molecule has 106 valence electrons. The van der Waals surface area contributed by atoms with Crippen molar-refractivity contribution in [2.45, 2.75) is 38.3 Å². The zero-order valence-corrected chi connectivity index (χ0v) is 11.3. The first kappa shape index (κ1) is 13.1. The molecule has 1 amide bonds. The van der Waals surface area contributed by atoms with E-state index in [4.69, 9.17) is 0 Å². The van der Waals surface area contributed by atoms with E-state index in [0.29, 0.717) is 23.8 Å². The second-order valence-corrected chi connectivity index (χ2v) is 5.45. The molecule has 0 aromatic heterocycles. The monoisotopic (exact) mass is 275 g/mol. The summed E-state index contributed by atoms with van der Waals surface area (Å²) < 4.78 is 0. The average molecular weight is 275 g/mol. The molecular weight excluding hydrogens is 258 g/mol. The fraction of sp³-hybridized carbons (Fsp3) is 0.500. The molecule has 1 aliphatic carbocycles. The van der Waals surface area contributed by atoms with Crippen molar-refractivity contribution in [3.63, 3.8) is 0 Å². The number of anilines is 1. The van der Waals surface area contributed by atoms with Gasteiger partial charge in [-0.1, -0.05) is 6.07 Å². The minimum absolute atomic E-state index is 0.0282. The zero-order chi connectivity index (χ0) is 14.3. The van der Waals surface area contributed by atoms with Crippen LogP contribution in [0.25, 0.3) is 0 Å². The quantitative estimate of drug-likeness (QED) is 0.671. The number of nitro benzene ring substituents is 1. The number of carbonyl (C=O) groups excluding carboxylic acids is 1. The summed E-state index contributed by atoms with van der Waals surface area (Å²) >= 11 is 0. The maximum absolute atomic E-state index is 12.4. The van der Waals surface area contributed by atoms with Crippen LogP contribution in [0.2, 0.25) is 0 Å². The molecule has 1 N–H and O–H groups in total. The molecule has 0 spiro atoms. The van der Waals surface area contributed by atoms with Gasteiger partial charge in [0.15, 0.2) is 0 Å². The number of nitro groups is 1. The second-order valence-electron chi connectivity index (χ2n) is 5.45. The first-order valence-corrected chi connectivity index (χ1v) is 6.89. The van der Waals surface area contributed by atoms with Crippen molar-refractivity contribution >= 4 is 17.3 Å². The lowest BCUT2D eigenvalue weighted by atomic mass is 10.1. The van der Waals surface area contributed by atoms with E-state index in [1.54, 1.807) is 24.0 Å². The van der Waals surface area contributed by atoms with E-state index in [-0.39, 0.29) is 17.6 Å². The van der Waals surface area contributed by atoms with Gasteiger partial charge in [0.1, 0.15) is 0 Å². The molecule has 1 unspecified atom stereocenters. The van der Waals surface area contributed by atoms with E-state index in [9.17, 15) is 14.9 Å². The summed E-state index contributed by atoms with van der Waals surface area (Å²) in [5, 5.41) is 14.3. The summed E-state index contributed by atoms with van der Waals surface area (Å²) in [7, 11) is 0. The predicted molar refractivity (Wildman–Crippen MR) is 74.7 cm³/mol. The number of nitrogens with one attached hydrogen (secondary N) is 1. The van der Waals surface area contributed by atoms with Crippen LogP contribution in [0.5, 0.6) is 0 Å². The van der Waals surface area contributed by atoms with Crippen LogP contribution in [-0.4, -0.2) is 29.5 Å². The van der Waals surface area contributed by atoms with Gasteiger partial charge in [-0.2, -0.15) is 0 Å². The van der Waals surface area contributed by atoms with Gasteiger partial charge < -0.3 is 10.2 Å². The summed E-state index contributed by atoms with van der Waals surface area (Å²) in [4.78, 5) is 24.6. The van der Waals surface area contributed by atoms with Crippen molar-refractivity contribution in [1.82, 2.24) is 5.32 Å². The van der Waals surface area contributed by atoms with Gasteiger partial charge in [-0.3, -0.25) is 14.9 Å². The van der Waals surface area contributed by atoms with Gasteiger partial charge in [-0.15, -0.1) is 0 Å². The van der Waals surface area contributed by atoms with Gasteiger partial charge in [0, 0.05) is 18.7 Å². The van der Waals surface area contributed by atoms with Gasteiger partial charge in [-0.25, -0.2) is 0 Å². The smallest absolute Gasteiger partial charge is 0.274 e. The zero-order valence-electron chi connectivity index (χ0n) is 11.3. The predicted octanol–water partition coefficient (Wildman–Crippen LogP) is 1.76. The third-order valence-corrected chi connectivity index (χ3v) is 3.98. The van der Waals surface area contributed by atoms with E-state index in [1.807, 2.05) is 0 Å². The third kappa shape index (κ3) is 2.27. The molecule has 6 nitrogen and oxygen atoms in total. The molecule has 6 heteroatoms. The van der Waals surface area contributed by atoms with Crippen LogP contribution in [0.4, 0.5) is 11.4 Å². The van der Waals surface area contributed by atoms with Gasteiger partial charge in [0.05, 0.1) is 22.2 Å². The third-order valence-electron chi connectivity index (χ3n) is 3.98. The lowest BCUT2D eigenvalue weighted by Crippen LogP contribution is -2.39. The number of rotatable bonds is 4. The highest BCUT2D eigenvalue weighted by Crippen LogP contribution is 2.31. The minimum atomic E-state index is -0.403. The SMILES string of the molecule is Cc1c(N2CCC(NC3CC3)C2=O)cccc1[N+](=O)[O-]. The highest BCUT2D eigenvalue weighted by atomic mass is 16.6. The lowest BCUT2D eigenvalue weighted by molar-refractivity contribution is -0.385. The highest BCUT2D eigenvalue weighted by molar-refractivity contribution is 6.00. The Morgan fingerprint density at radius 3 is 2.75 bits per heavy atom. The van der Waals surface area contributed by atoms with E-state index < -0.39 is 4.92 Å². The minimum Gasteiger partial charge on any atom is -0.310 e. The molecule has 1 heterocycles. The number of benzene rings is 1. The van der Waals surface area contributed by atoms with Crippen molar-refractivity contribution in [2.24, 2.45) is 0 Å². The Bertz CT molecular complexity index is 569. The van der Waals surface area contributed by atoms with E-state index in [1.165, 1.54) is 6.07 Å². The van der Waals surface area contributed by atoms with Crippen molar-refractivity contribution in [3.05, 3.63) is 33.9 Å². The summed E-state index contributed by atoms with van der Waals surface area (Å²) in [5.41, 5.74) is 1.27. The summed E-state index contributed by atoms with van der Waals surface area (Å²) in [6.45, 7) is 2.31. The Morgan fingerprint density at radius 1 is 1.35 bits per heavy atom. The molecular formula is C14H17N3O3. The molecule has 3 rings (SSSR count). The maximum atomic E-state index is 12.4. The molecule has 0 bridgehead atoms. The largest absolute Gasteiger partial charge is 0.310 e. The standard InChI is InChI=1S/C14H17N3O3/c1-9-12(3-2-4-13(9)17(19)20)16-8-7-11(14(16)18)15-10-5-6-10/h2-4,10-11,15H,5-8H2,1H3. The Balaban J connectivity index is 1.84. The van der Waals surface area contributed by atoms with Crippen LogP contribution in [0.1, 0.15) is 24.8 Å². The Morgan fingerprint density at radius 2 is 2.10 bits per heavy atom. The van der Waals surface area contributed by atoms with Crippen molar-refractivity contribution in [2.75, 3.05) is 11.4 Å². The van der Waals surface area contributed by atoms with Crippen molar-refractivity contribution in [1.29, 1.82) is 0 Å². The maximum Gasteiger partial charge on any atom is 0.274 e. The Kier molecular flexibility index (Phi) is 3.17. The van der Waals surface area contributed by atoms with Crippen molar-refractivity contribution in [3.8, 4) is 0 Å². The Labute approximate surface area is 116 Å². The molecule has 20 heavy (non-hydrogen) atoms.